The minimum absolute atomic E-state index is 0.279. The van der Waals surface area contributed by atoms with Crippen LogP contribution in [0.2, 0.25) is 0 Å². The first-order chi connectivity index (χ1) is 12.1. The molecule has 3 heterocycles. The molecular formula is C19H18N4OS. The molecule has 1 aromatic carbocycles. The van der Waals surface area contributed by atoms with Gasteiger partial charge in [-0.3, -0.25) is 4.40 Å². The Morgan fingerprint density at radius 3 is 2.84 bits per heavy atom. The van der Waals surface area contributed by atoms with E-state index in [-0.39, 0.29) is 5.60 Å². The summed E-state index contributed by atoms with van der Waals surface area (Å²) in [4.78, 5) is 0. The van der Waals surface area contributed by atoms with Gasteiger partial charge in [-0.2, -0.15) is 5.26 Å². The number of rotatable bonds is 3. The predicted molar refractivity (Wildman–Crippen MR) is 96.3 cm³/mol. The van der Waals surface area contributed by atoms with E-state index in [0.29, 0.717) is 13.0 Å². The molecule has 0 unspecified atom stereocenters. The van der Waals surface area contributed by atoms with Gasteiger partial charge in [-0.25, -0.2) is 0 Å². The van der Waals surface area contributed by atoms with Crippen molar-refractivity contribution in [2.45, 2.75) is 43.3 Å². The molecule has 0 aliphatic carbocycles. The predicted octanol–water partition coefficient (Wildman–Crippen LogP) is 3.74. The van der Waals surface area contributed by atoms with Gasteiger partial charge in [-0.15, -0.1) is 22.0 Å². The van der Waals surface area contributed by atoms with Gasteiger partial charge >= 0.3 is 0 Å². The lowest BCUT2D eigenvalue weighted by Crippen LogP contribution is -2.33. The van der Waals surface area contributed by atoms with Crippen molar-refractivity contribution in [3.8, 4) is 6.07 Å². The third-order valence-electron chi connectivity index (χ3n) is 4.46. The fourth-order valence-electron chi connectivity index (χ4n) is 3.20. The zero-order valence-electron chi connectivity index (χ0n) is 14.2. The SMILES string of the molecule is CC1(C)Cc2c(C#N)c(SCc3ccccc3)n3cnnc3c2CO1. The molecule has 3 aromatic rings. The molecule has 126 valence electrons. The highest BCUT2D eigenvalue weighted by atomic mass is 32.2. The highest BCUT2D eigenvalue weighted by Crippen LogP contribution is 2.37. The summed E-state index contributed by atoms with van der Waals surface area (Å²) in [5.74, 6) is 0.793. The van der Waals surface area contributed by atoms with Gasteiger partial charge in [0.05, 0.1) is 17.8 Å². The van der Waals surface area contributed by atoms with Crippen LogP contribution in [0, 0.1) is 11.3 Å². The van der Waals surface area contributed by atoms with Crippen LogP contribution in [0.5, 0.6) is 0 Å². The number of ether oxygens (including phenoxy) is 1. The minimum atomic E-state index is -0.279. The summed E-state index contributed by atoms with van der Waals surface area (Å²) >= 11 is 1.65. The third-order valence-corrected chi connectivity index (χ3v) is 5.61. The Labute approximate surface area is 150 Å². The standard InChI is InChI=1S/C19H18N4OS/c1-19(2)8-14-15(9-20)18(25-11-13-6-4-3-5-7-13)23-12-21-22-17(23)16(14)10-24-19/h3-7,12H,8,10-11H2,1-2H3. The van der Waals surface area contributed by atoms with E-state index in [4.69, 9.17) is 4.74 Å². The van der Waals surface area contributed by atoms with E-state index in [1.807, 2.05) is 22.6 Å². The fraction of sp³-hybridized carbons (Fsp3) is 0.316. The van der Waals surface area contributed by atoms with E-state index in [2.05, 4.69) is 42.2 Å². The number of hydrogen-bond acceptors (Lipinski definition) is 5. The second-order valence-corrected chi connectivity index (χ2v) is 7.74. The Bertz CT molecular complexity index is 972. The number of aromatic nitrogens is 3. The van der Waals surface area contributed by atoms with Gasteiger partial charge in [0.15, 0.2) is 5.65 Å². The fourth-order valence-corrected chi connectivity index (χ4v) is 4.28. The molecule has 0 spiro atoms. The topological polar surface area (TPSA) is 63.2 Å². The van der Waals surface area contributed by atoms with E-state index in [1.54, 1.807) is 18.1 Å². The lowest BCUT2D eigenvalue weighted by molar-refractivity contribution is -0.0398. The van der Waals surface area contributed by atoms with Gasteiger partial charge in [0.1, 0.15) is 17.4 Å². The van der Waals surface area contributed by atoms with Crippen LogP contribution in [-0.4, -0.2) is 20.2 Å². The zero-order valence-corrected chi connectivity index (χ0v) is 15.0. The molecule has 25 heavy (non-hydrogen) atoms. The highest BCUT2D eigenvalue weighted by Gasteiger charge is 2.32. The van der Waals surface area contributed by atoms with Gasteiger partial charge in [0.25, 0.3) is 0 Å². The van der Waals surface area contributed by atoms with Crippen molar-refractivity contribution in [2.75, 3.05) is 0 Å². The van der Waals surface area contributed by atoms with Crippen LogP contribution in [0.1, 0.15) is 36.1 Å². The quantitative estimate of drug-likeness (QED) is 0.673. The highest BCUT2D eigenvalue weighted by molar-refractivity contribution is 7.98. The maximum absolute atomic E-state index is 9.88. The number of fused-ring (bicyclic) bond motifs is 3. The summed E-state index contributed by atoms with van der Waals surface area (Å²) in [6, 6.07) is 12.7. The third kappa shape index (κ3) is 2.90. The number of pyridine rings is 1. The number of nitrogens with zero attached hydrogens (tertiary/aromatic N) is 4. The molecule has 0 bridgehead atoms. The maximum atomic E-state index is 9.88. The van der Waals surface area contributed by atoms with Crippen molar-refractivity contribution in [1.82, 2.24) is 14.6 Å². The molecule has 6 heteroatoms. The smallest absolute Gasteiger partial charge is 0.167 e. The second kappa shape index (κ2) is 6.17. The number of benzene rings is 1. The van der Waals surface area contributed by atoms with Crippen molar-refractivity contribution >= 4 is 17.4 Å². The lowest BCUT2D eigenvalue weighted by Gasteiger charge is -2.33. The van der Waals surface area contributed by atoms with Crippen LogP contribution in [0.25, 0.3) is 5.65 Å². The molecule has 0 radical (unpaired) electrons. The Hall–Kier alpha value is -2.36. The van der Waals surface area contributed by atoms with Gasteiger partial charge < -0.3 is 4.74 Å². The van der Waals surface area contributed by atoms with Crippen LogP contribution >= 0.6 is 11.8 Å². The van der Waals surface area contributed by atoms with Gasteiger partial charge in [0, 0.05) is 17.7 Å². The Balaban J connectivity index is 1.83. The molecule has 0 fully saturated rings. The lowest BCUT2D eigenvalue weighted by atomic mass is 9.90. The molecular weight excluding hydrogens is 332 g/mol. The molecule has 0 saturated carbocycles. The molecule has 0 saturated heterocycles. The Kier molecular flexibility index (Phi) is 3.98. The summed E-state index contributed by atoms with van der Waals surface area (Å²) in [6.07, 6.45) is 2.39. The Morgan fingerprint density at radius 2 is 2.08 bits per heavy atom. The number of nitriles is 1. The van der Waals surface area contributed by atoms with Crippen LogP contribution in [0.3, 0.4) is 0 Å². The molecule has 1 aliphatic heterocycles. The maximum Gasteiger partial charge on any atom is 0.167 e. The number of thioether (sulfide) groups is 1. The van der Waals surface area contributed by atoms with E-state index in [1.165, 1.54) is 5.56 Å². The van der Waals surface area contributed by atoms with Gasteiger partial charge in [0.2, 0.25) is 0 Å². The summed E-state index contributed by atoms with van der Waals surface area (Å²) in [6.45, 7) is 4.58. The molecule has 0 atom stereocenters. The van der Waals surface area contributed by atoms with Crippen molar-refractivity contribution in [1.29, 1.82) is 5.26 Å². The van der Waals surface area contributed by atoms with Crippen molar-refractivity contribution < 1.29 is 4.74 Å². The van der Waals surface area contributed by atoms with E-state index in [9.17, 15) is 5.26 Å². The largest absolute Gasteiger partial charge is 0.370 e. The van der Waals surface area contributed by atoms with Crippen molar-refractivity contribution in [2.24, 2.45) is 0 Å². The van der Waals surface area contributed by atoms with Crippen LogP contribution in [-0.2, 0) is 23.5 Å². The van der Waals surface area contributed by atoms with Crippen LogP contribution in [0.15, 0.2) is 41.7 Å². The van der Waals surface area contributed by atoms with Crippen molar-refractivity contribution in [3.63, 3.8) is 0 Å². The zero-order chi connectivity index (χ0) is 17.4. The molecule has 4 rings (SSSR count). The molecule has 1 aliphatic rings. The van der Waals surface area contributed by atoms with Crippen LogP contribution < -0.4 is 0 Å². The second-order valence-electron chi connectivity index (χ2n) is 6.77. The Morgan fingerprint density at radius 1 is 1.28 bits per heavy atom. The minimum Gasteiger partial charge on any atom is -0.370 e. The summed E-state index contributed by atoms with van der Waals surface area (Å²) < 4.78 is 7.86. The average Bonchev–Trinajstić information content (AvgIpc) is 3.08. The summed E-state index contributed by atoms with van der Waals surface area (Å²) in [7, 11) is 0. The van der Waals surface area contributed by atoms with Crippen molar-refractivity contribution in [3.05, 3.63) is 58.9 Å². The molecule has 0 N–H and O–H groups in total. The first-order valence-corrected chi connectivity index (χ1v) is 9.16. The molecule has 2 aromatic heterocycles. The first-order valence-electron chi connectivity index (χ1n) is 8.17. The average molecular weight is 350 g/mol. The number of hydrogen-bond donors (Lipinski definition) is 0. The molecule has 0 amide bonds. The molecule has 5 nitrogen and oxygen atoms in total. The van der Waals surface area contributed by atoms with E-state index < -0.39 is 0 Å². The summed E-state index contributed by atoms with van der Waals surface area (Å²) in [5, 5.41) is 19.1. The summed E-state index contributed by atoms with van der Waals surface area (Å²) in [5.41, 5.74) is 4.49. The first kappa shape index (κ1) is 16.1. The van der Waals surface area contributed by atoms with Crippen LogP contribution in [0.4, 0.5) is 0 Å². The van der Waals surface area contributed by atoms with Gasteiger partial charge in [-0.05, 0) is 25.0 Å². The normalized spacial score (nSPS) is 15.7. The van der Waals surface area contributed by atoms with E-state index in [0.717, 1.165) is 33.1 Å². The van der Waals surface area contributed by atoms with Gasteiger partial charge in [-0.1, -0.05) is 30.3 Å². The monoisotopic (exact) mass is 350 g/mol. The van der Waals surface area contributed by atoms with E-state index >= 15 is 0 Å².